The van der Waals surface area contributed by atoms with Crippen LogP contribution in [0, 0.1) is 0 Å². The van der Waals surface area contributed by atoms with Gasteiger partial charge in [-0.15, -0.1) is 0 Å². The summed E-state index contributed by atoms with van der Waals surface area (Å²) in [6.07, 6.45) is 6.83. The molecule has 9 heteroatoms. The predicted octanol–water partition coefficient (Wildman–Crippen LogP) is 2.12. The zero-order valence-electron chi connectivity index (χ0n) is 14.1. The van der Waals surface area contributed by atoms with Gasteiger partial charge in [0.25, 0.3) is 5.91 Å². The van der Waals surface area contributed by atoms with Crippen LogP contribution in [-0.4, -0.2) is 35.6 Å². The van der Waals surface area contributed by atoms with Crippen LogP contribution in [0.15, 0.2) is 53.6 Å². The zero-order chi connectivity index (χ0) is 18.1. The van der Waals surface area contributed by atoms with Crippen molar-refractivity contribution in [3.8, 4) is 22.6 Å². The number of amides is 1. The lowest BCUT2D eigenvalue weighted by Crippen LogP contribution is -2.11. The van der Waals surface area contributed by atoms with E-state index in [-0.39, 0.29) is 5.76 Å². The third-order valence-corrected chi connectivity index (χ3v) is 3.72. The van der Waals surface area contributed by atoms with Crippen LogP contribution in [0.3, 0.4) is 0 Å². The zero-order valence-corrected chi connectivity index (χ0v) is 14.1. The number of carbonyl (C=O) groups excluding carboxylic acids is 1. The summed E-state index contributed by atoms with van der Waals surface area (Å²) in [7, 11) is 3.58. The van der Waals surface area contributed by atoms with Crippen LogP contribution in [0.1, 0.15) is 10.6 Å². The van der Waals surface area contributed by atoms with Gasteiger partial charge in [-0.3, -0.25) is 19.1 Å². The minimum absolute atomic E-state index is 0.0969. The van der Waals surface area contributed by atoms with Gasteiger partial charge >= 0.3 is 0 Å². The van der Waals surface area contributed by atoms with Crippen molar-refractivity contribution in [1.29, 1.82) is 0 Å². The molecule has 0 aliphatic rings. The second kappa shape index (κ2) is 6.28. The van der Waals surface area contributed by atoms with Crippen molar-refractivity contribution in [3.05, 3.63) is 54.8 Å². The van der Waals surface area contributed by atoms with Gasteiger partial charge in [0.15, 0.2) is 0 Å². The molecule has 0 bridgehead atoms. The molecular formula is C17H15N7O2. The van der Waals surface area contributed by atoms with Gasteiger partial charge < -0.3 is 9.84 Å². The van der Waals surface area contributed by atoms with Crippen LogP contribution in [0.2, 0.25) is 0 Å². The second-order valence-electron chi connectivity index (χ2n) is 5.71. The molecule has 0 aromatic carbocycles. The molecule has 0 atom stereocenters. The number of aryl methyl sites for hydroxylation is 2. The smallest absolute Gasteiger partial charge is 0.294 e. The summed E-state index contributed by atoms with van der Waals surface area (Å²) >= 11 is 0. The van der Waals surface area contributed by atoms with Crippen molar-refractivity contribution in [3.63, 3.8) is 0 Å². The molecule has 0 saturated heterocycles. The number of nitrogens with one attached hydrogen (secondary N) is 1. The predicted molar refractivity (Wildman–Crippen MR) is 93.1 cm³/mol. The molecule has 0 fully saturated rings. The minimum Gasteiger partial charge on any atom is -0.350 e. The maximum Gasteiger partial charge on any atom is 0.294 e. The van der Waals surface area contributed by atoms with Crippen LogP contribution >= 0.6 is 0 Å². The van der Waals surface area contributed by atoms with E-state index in [4.69, 9.17) is 4.52 Å². The van der Waals surface area contributed by atoms with Crippen LogP contribution in [0.25, 0.3) is 22.6 Å². The highest BCUT2D eigenvalue weighted by Gasteiger charge is 2.19. The number of nitrogens with zero attached hydrogens (tertiary/aromatic N) is 6. The summed E-state index contributed by atoms with van der Waals surface area (Å²) in [4.78, 5) is 16.8. The number of hydrogen-bond acceptors (Lipinski definition) is 6. The Morgan fingerprint density at radius 2 is 2.04 bits per heavy atom. The van der Waals surface area contributed by atoms with Gasteiger partial charge in [-0.1, -0.05) is 11.2 Å². The van der Waals surface area contributed by atoms with Crippen LogP contribution < -0.4 is 5.32 Å². The second-order valence-corrected chi connectivity index (χ2v) is 5.71. The van der Waals surface area contributed by atoms with E-state index in [2.05, 4.69) is 25.7 Å². The van der Waals surface area contributed by atoms with Gasteiger partial charge in [0.2, 0.25) is 5.76 Å². The Morgan fingerprint density at radius 1 is 1.15 bits per heavy atom. The third kappa shape index (κ3) is 2.97. The topological polar surface area (TPSA) is 104 Å². The van der Waals surface area contributed by atoms with Crippen molar-refractivity contribution in [2.75, 3.05) is 5.32 Å². The molecule has 0 aliphatic carbocycles. The highest BCUT2D eigenvalue weighted by molar-refractivity contribution is 6.04. The van der Waals surface area contributed by atoms with Crippen molar-refractivity contribution < 1.29 is 9.32 Å². The van der Waals surface area contributed by atoms with E-state index in [1.54, 1.807) is 54.3 Å². The Balaban J connectivity index is 1.59. The summed E-state index contributed by atoms with van der Waals surface area (Å²) < 4.78 is 8.44. The van der Waals surface area contributed by atoms with Gasteiger partial charge in [-0.25, -0.2) is 0 Å². The van der Waals surface area contributed by atoms with Gasteiger partial charge in [0.1, 0.15) is 11.4 Å². The Kier molecular flexibility index (Phi) is 3.81. The van der Waals surface area contributed by atoms with Gasteiger partial charge in [-0.05, 0) is 12.1 Å². The number of rotatable bonds is 4. The lowest BCUT2D eigenvalue weighted by molar-refractivity contribution is 0.0988. The molecule has 4 aromatic heterocycles. The molecule has 9 nitrogen and oxygen atoms in total. The summed E-state index contributed by atoms with van der Waals surface area (Å²) in [5.74, 6) is -0.322. The molecule has 26 heavy (non-hydrogen) atoms. The number of hydrogen-bond donors (Lipinski definition) is 1. The van der Waals surface area contributed by atoms with E-state index in [0.717, 1.165) is 5.56 Å². The first-order valence-electron chi connectivity index (χ1n) is 7.82. The van der Waals surface area contributed by atoms with E-state index >= 15 is 0 Å². The summed E-state index contributed by atoms with van der Waals surface area (Å²) in [5, 5.41) is 15.2. The lowest BCUT2D eigenvalue weighted by Gasteiger charge is -2.02. The maximum absolute atomic E-state index is 12.5. The molecule has 4 aromatic rings. The Labute approximate surface area is 148 Å². The molecule has 0 unspecified atom stereocenters. The molecule has 0 aliphatic heterocycles. The first kappa shape index (κ1) is 15.8. The fourth-order valence-electron chi connectivity index (χ4n) is 2.53. The number of anilines is 1. The van der Waals surface area contributed by atoms with Gasteiger partial charge in [0.05, 0.1) is 17.6 Å². The van der Waals surface area contributed by atoms with E-state index < -0.39 is 5.91 Å². The Bertz CT molecular complexity index is 1060. The van der Waals surface area contributed by atoms with Crippen molar-refractivity contribution in [2.24, 2.45) is 14.1 Å². The van der Waals surface area contributed by atoms with Crippen molar-refractivity contribution >= 4 is 11.6 Å². The van der Waals surface area contributed by atoms with Crippen molar-refractivity contribution in [2.45, 2.75) is 0 Å². The normalized spacial score (nSPS) is 10.8. The van der Waals surface area contributed by atoms with E-state index in [9.17, 15) is 4.79 Å². The molecule has 0 spiro atoms. The maximum atomic E-state index is 12.5. The van der Waals surface area contributed by atoms with E-state index in [1.165, 1.54) is 0 Å². The molecular weight excluding hydrogens is 334 g/mol. The van der Waals surface area contributed by atoms with Crippen LogP contribution in [-0.2, 0) is 14.1 Å². The van der Waals surface area contributed by atoms with E-state index in [0.29, 0.717) is 22.8 Å². The summed E-state index contributed by atoms with van der Waals surface area (Å²) in [6.45, 7) is 0. The first-order chi connectivity index (χ1) is 12.6. The monoisotopic (exact) mass is 349 g/mol. The fourth-order valence-corrected chi connectivity index (χ4v) is 2.53. The van der Waals surface area contributed by atoms with Gasteiger partial charge in [-0.2, -0.15) is 10.2 Å². The number of aromatic nitrogens is 6. The van der Waals surface area contributed by atoms with Gasteiger partial charge in [0, 0.05) is 44.3 Å². The average molecular weight is 349 g/mol. The van der Waals surface area contributed by atoms with Crippen LogP contribution in [0.5, 0.6) is 0 Å². The highest BCUT2D eigenvalue weighted by Crippen LogP contribution is 2.25. The average Bonchev–Trinajstić information content (AvgIpc) is 3.35. The molecule has 130 valence electrons. The fraction of sp³-hybridized carbons (Fsp3) is 0.118. The number of carbonyl (C=O) groups is 1. The van der Waals surface area contributed by atoms with E-state index in [1.807, 2.05) is 18.2 Å². The standard InChI is InChI=1S/C17H15N7O2/c1-23-9-11(8-19-23)13-7-15(26-22-13)17(25)20-14-10-24(2)21-16(14)12-5-3-4-6-18-12/h3-10H,1-2H3,(H,20,25). The Hall–Kier alpha value is -3.75. The Morgan fingerprint density at radius 3 is 2.77 bits per heavy atom. The minimum atomic E-state index is -0.419. The number of pyridine rings is 1. The molecule has 1 amide bonds. The summed E-state index contributed by atoms with van der Waals surface area (Å²) in [6, 6.07) is 7.08. The highest BCUT2D eigenvalue weighted by atomic mass is 16.5. The summed E-state index contributed by atoms with van der Waals surface area (Å²) in [5.41, 5.74) is 3.09. The molecule has 1 N–H and O–H groups in total. The molecule has 4 heterocycles. The SMILES string of the molecule is Cn1cc(-c2cc(C(=O)Nc3cn(C)nc3-c3ccccn3)on2)cn1. The quantitative estimate of drug-likeness (QED) is 0.605. The van der Waals surface area contributed by atoms with Crippen molar-refractivity contribution in [1.82, 2.24) is 29.7 Å². The molecule has 0 radical (unpaired) electrons. The third-order valence-electron chi connectivity index (χ3n) is 3.72. The molecule has 0 saturated carbocycles. The molecule has 4 rings (SSSR count). The largest absolute Gasteiger partial charge is 0.350 e. The van der Waals surface area contributed by atoms with Crippen LogP contribution in [0.4, 0.5) is 5.69 Å². The first-order valence-corrected chi connectivity index (χ1v) is 7.82. The lowest BCUT2D eigenvalue weighted by atomic mass is 10.2.